The molecule has 8 nitrogen and oxygen atoms in total. The monoisotopic (exact) mass is 416 g/mol. The summed E-state index contributed by atoms with van der Waals surface area (Å²) >= 11 is 0. The second-order valence-corrected chi connectivity index (χ2v) is 7.54. The first-order valence-corrected chi connectivity index (χ1v) is 10.5. The van der Waals surface area contributed by atoms with Gasteiger partial charge in [0, 0.05) is 60.5 Å². The molecule has 1 aromatic carbocycles. The molecule has 1 saturated heterocycles. The summed E-state index contributed by atoms with van der Waals surface area (Å²) < 4.78 is 5.46. The molecule has 4 heterocycles. The summed E-state index contributed by atoms with van der Waals surface area (Å²) in [7, 11) is 0. The lowest BCUT2D eigenvalue weighted by atomic mass is 10.1. The SMILES string of the molecule is O=C1NCCc2[nH]c(-c3ccnc(NN=Cc4ccccc4N4CCOCC4)c3)cc21. The number of ether oxygens (including phenoxy) is 1. The molecule has 0 saturated carbocycles. The van der Waals surface area contributed by atoms with Gasteiger partial charge in [-0.15, -0.1) is 0 Å². The molecule has 0 aliphatic carbocycles. The fourth-order valence-corrected chi connectivity index (χ4v) is 3.97. The molecule has 3 aromatic rings. The van der Waals surface area contributed by atoms with Gasteiger partial charge in [0.1, 0.15) is 5.82 Å². The van der Waals surface area contributed by atoms with Crippen LogP contribution in [0.3, 0.4) is 0 Å². The van der Waals surface area contributed by atoms with Crippen molar-refractivity contribution in [1.29, 1.82) is 0 Å². The normalized spacial score (nSPS) is 16.3. The van der Waals surface area contributed by atoms with Crippen LogP contribution in [0.15, 0.2) is 53.8 Å². The Morgan fingerprint density at radius 3 is 2.90 bits per heavy atom. The highest BCUT2D eigenvalue weighted by molar-refractivity contribution is 5.97. The number of fused-ring (bicyclic) bond motifs is 1. The Bertz CT molecular complexity index is 1120. The second kappa shape index (κ2) is 8.61. The number of aromatic nitrogens is 2. The Morgan fingerprint density at radius 2 is 2.03 bits per heavy atom. The summed E-state index contributed by atoms with van der Waals surface area (Å²) in [5, 5.41) is 7.28. The molecule has 2 aromatic heterocycles. The molecule has 2 aliphatic rings. The zero-order chi connectivity index (χ0) is 21.0. The van der Waals surface area contributed by atoms with Gasteiger partial charge in [0.05, 0.1) is 25.0 Å². The summed E-state index contributed by atoms with van der Waals surface area (Å²) in [4.78, 5) is 22.1. The van der Waals surface area contributed by atoms with Crippen LogP contribution < -0.4 is 15.6 Å². The van der Waals surface area contributed by atoms with E-state index in [1.165, 1.54) is 0 Å². The number of carbonyl (C=O) groups is 1. The second-order valence-electron chi connectivity index (χ2n) is 7.54. The summed E-state index contributed by atoms with van der Waals surface area (Å²) in [6, 6.07) is 13.9. The average Bonchev–Trinajstić information content (AvgIpc) is 3.26. The molecular formula is C23H24N6O2. The number of aromatic amines is 1. The maximum Gasteiger partial charge on any atom is 0.253 e. The maximum atomic E-state index is 12.0. The lowest BCUT2D eigenvalue weighted by Crippen LogP contribution is -2.36. The number of morpholine rings is 1. The fraction of sp³-hybridized carbons (Fsp3) is 0.261. The van der Waals surface area contributed by atoms with Crippen molar-refractivity contribution in [1.82, 2.24) is 15.3 Å². The highest BCUT2D eigenvalue weighted by Gasteiger charge is 2.20. The van der Waals surface area contributed by atoms with E-state index in [2.05, 4.69) is 36.8 Å². The number of benzene rings is 1. The fourth-order valence-electron chi connectivity index (χ4n) is 3.97. The van der Waals surface area contributed by atoms with Crippen LogP contribution in [0.1, 0.15) is 21.6 Å². The number of hydrazone groups is 1. The van der Waals surface area contributed by atoms with Crippen LogP contribution in [0.5, 0.6) is 0 Å². The molecule has 31 heavy (non-hydrogen) atoms. The number of nitrogens with zero attached hydrogens (tertiary/aromatic N) is 3. The molecule has 0 spiro atoms. The number of H-pyrrole nitrogens is 1. The minimum atomic E-state index is -0.0281. The van der Waals surface area contributed by atoms with Crippen LogP contribution >= 0.6 is 0 Å². The molecule has 0 unspecified atom stereocenters. The van der Waals surface area contributed by atoms with Gasteiger partial charge < -0.3 is 19.9 Å². The van der Waals surface area contributed by atoms with Crippen molar-refractivity contribution in [2.45, 2.75) is 6.42 Å². The van der Waals surface area contributed by atoms with Gasteiger partial charge in [-0.2, -0.15) is 5.10 Å². The molecule has 3 N–H and O–H groups in total. The molecule has 0 radical (unpaired) electrons. The quantitative estimate of drug-likeness (QED) is 0.439. The van der Waals surface area contributed by atoms with Crippen molar-refractivity contribution >= 4 is 23.6 Å². The number of carbonyl (C=O) groups excluding carboxylic acids is 1. The molecule has 1 fully saturated rings. The first-order valence-electron chi connectivity index (χ1n) is 10.5. The topological polar surface area (TPSA) is 94.6 Å². The van der Waals surface area contributed by atoms with E-state index >= 15 is 0 Å². The van der Waals surface area contributed by atoms with Crippen LogP contribution in [0, 0.1) is 0 Å². The van der Waals surface area contributed by atoms with Crippen molar-refractivity contribution in [3.63, 3.8) is 0 Å². The summed E-state index contributed by atoms with van der Waals surface area (Å²) in [5.74, 6) is 0.606. The van der Waals surface area contributed by atoms with Gasteiger partial charge >= 0.3 is 0 Å². The number of para-hydroxylation sites is 1. The standard InChI is InChI=1S/C23H24N6O2/c30-23-18-14-20(27-19(18)6-8-25-23)16-5-7-24-22(13-16)28-26-15-17-3-1-2-4-21(17)29-9-11-31-12-10-29/h1-5,7,13-15,27H,6,8-12H2,(H,24,28)(H,25,30). The number of amides is 1. The van der Waals surface area contributed by atoms with Crippen molar-refractivity contribution in [2.24, 2.45) is 5.10 Å². The van der Waals surface area contributed by atoms with Gasteiger partial charge in [0.2, 0.25) is 0 Å². The molecule has 0 atom stereocenters. The lowest BCUT2D eigenvalue weighted by Gasteiger charge is -2.29. The van der Waals surface area contributed by atoms with E-state index in [0.717, 1.165) is 60.9 Å². The predicted molar refractivity (Wildman–Crippen MR) is 121 cm³/mol. The Morgan fingerprint density at radius 1 is 1.16 bits per heavy atom. The third-order valence-electron chi connectivity index (χ3n) is 5.55. The van der Waals surface area contributed by atoms with Gasteiger partial charge in [-0.05, 0) is 24.3 Å². The van der Waals surface area contributed by atoms with Gasteiger partial charge in [-0.1, -0.05) is 18.2 Å². The summed E-state index contributed by atoms with van der Waals surface area (Å²) in [6.45, 7) is 3.89. The van der Waals surface area contributed by atoms with Crippen LogP contribution in [-0.4, -0.2) is 54.9 Å². The smallest absolute Gasteiger partial charge is 0.253 e. The highest BCUT2D eigenvalue weighted by Crippen LogP contribution is 2.25. The van der Waals surface area contributed by atoms with E-state index in [-0.39, 0.29) is 5.91 Å². The Kier molecular flexibility index (Phi) is 5.37. The lowest BCUT2D eigenvalue weighted by molar-refractivity contribution is 0.0946. The summed E-state index contributed by atoms with van der Waals surface area (Å²) in [5.41, 5.74) is 8.74. The van der Waals surface area contributed by atoms with Crippen molar-refractivity contribution in [3.8, 4) is 11.3 Å². The van der Waals surface area contributed by atoms with Crippen LogP contribution in [0.25, 0.3) is 11.3 Å². The largest absolute Gasteiger partial charge is 0.378 e. The van der Waals surface area contributed by atoms with E-state index < -0.39 is 0 Å². The van der Waals surface area contributed by atoms with Crippen molar-refractivity contribution in [3.05, 3.63) is 65.5 Å². The zero-order valence-electron chi connectivity index (χ0n) is 17.1. The van der Waals surface area contributed by atoms with E-state index in [4.69, 9.17) is 4.74 Å². The number of rotatable bonds is 5. The first kappa shape index (κ1) is 19.3. The number of hydrogen-bond donors (Lipinski definition) is 3. The maximum absolute atomic E-state index is 12.0. The molecule has 8 heteroatoms. The predicted octanol–water partition coefficient (Wildman–Crippen LogP) is 2.65. The van der Waals surface area contributed by atoms with E-state index in [9.17, 15) is 4.79 Å². The molecule has 158 valence electrons. The van der Waals surface area contributed by atoms with Crippen LogP contribution in [-0.2, 0) is 11.2 Å². The van der Waals surface area contributed by atoms with Crippen LogP contribution in [0.4, 0.5) is 11.5 Å². The van der Waals surface area contributed by atoms with Crippen LogP contribution in [0.2, 0.25) is 0 Å². The number of anilines is 2. The third-order valence-corrected chi connectivity index (χ3v) is 5.55. The van der Waals surface area contributed by atoms with Crippen molar-refractivity contribution < 1.29 is 9.53 Å². The molecule has 2 aliphatic heterocycles. The summed E-state index contributed by atoms with van der Waals surface area (Å²) in [6.07, 6.45) is 4.36. The first-order chi connectivity index (χ1) is 15.3. The highest BCUT2D eigenvalue weighted by atomic mass is 16.5. The van der Waals surface area contributed by atoms with Crippen molar-refractivity contribution in [2.75, 3.05) is 43.2 Å². The molecule has 5 rings (SSSR count). The van der Waals surface area contributed by atoms with E-state index in [0.29, 0.717) is 17.9 Å². The molecule has 1 amide bonds. The van der Waals surface area contributed by atoms with Gasteiger partial charge in [-0.25, -0.2) is 4.98 Å². The Labute approximate surface area is 180 Å². The molecule has 0 bridgehead atoms. The van der Waals surface area contributed by atoms with E-state index in [1.54, 1.807) is 6.20 Å². The van der Waals surface area contributed by atoms with Gasteiger partial charge in [0.25, 0.3) is 5.91 Å². The zero-order valence-corrected chi connectivity index (χ0v) is 17.1. The average molecular weight is 416 g/mol. The third kappa shape index (κ3) is 4.15. The minimum absolute atomic E-state index is 0.0281. The number of pyridine rings is 1. The number of hydrogen-bond acceptors (Lipinski definition) is 6. The Balaban J connectivity index is 1.32. The Hall–Kier alpha value is -3.65. The van der Waals surface area contributed by atoms with Gasteiger partial charge in [-0.3, -0.25) is 10.2 Å². The number of nitrogens with one attached hydrogen (secondary N) is 3. The van der Waals surface area contributed by atoms with Gasteiger partial charge in [0.15, 0.2) is 0 Å². The van der Waals surface area contributed by atoms with E-state index in [1.807, 2.05) is 42.6 Å². The minimum Gasteiger partial charge on any atom is -0.378 e. The molecular weight excluding hydrogens is 392 g/mol.